The summed E-state index contributed by atoms with van der Waals surface area (Å²) < 4.78 is 5.12. The molecule has 166 valence electrons. The van der Waals surface area contributed by atoms with Gasteiger partial charge in [0.15, 0.2) is 0 Å². The van der Waals surface area contributed by atoms with Crippen molar-refractivity contribution in [2.75, 3.05) is 0 Å². The summed E-state index contributed by atoms with van der Waals surface area (Å²) in [6.45, 7) is 11.2. The molecule has 0 atom stereocenters. The van der Waals surface area contributed by atoms with Crippen LogP contribution in [-0.2, 0) is 6.42 Å². The van der Waals surface area contributed by atoms with Crippen molar-refractivity contribution in [1.82, 2.24) is 0 Å². The van der Waals surface area contributed by atoms with Crippen LogP contribution in [0.25, 0.3) is 0 Å². The lowest BCUT2D eigenvalue weighted by Crippen LogP contribution is -1.83. The molecule has 0 aliphatic rings. The highest BCUT2D eigenvalue weighted by Crippen LogP contribution is 2.15. The summed E-state index contributed by atoms with van der Waals surface area (Å²) in [6.07, 6.45) is 29.2. The van der Waals surface area contributed by atoms with Crippen LogP contribution in [0.15, 0.2) is 81.8 Å². The average molecular weight is 409 g/mol. The van der Waals surface area contributed by atoms with E-state index in [1.54, 1.807) is 6.26 Å². The molecule has 30 heavy (non-hydrogen) atoms. The maximum Gasteiger partial charge on any atom is 0.0934 e. The van der Waals surface area contributed by atoms with Crippen molar-refractivity contribution in [2.24, 2.45) is 0 Å². The van der Waals surface area contributed by atoms with Gasteiger partial charge in [-0.05, 0) is 110 Å². The molecule has 0 saturated heterocycles. The van der Waals surface area contributed by atoms with Crippen molar-refractivity contribution in [3.8, 4) is 0 Å². The lowest BCUT2D eigenvalue weighted by molar-refractivity contribution is 0.564. The molecule has 1 nitrogen and oxygen atoms in total. The third kappa shape index (κ3) is 14.0. The first-order valence-corrected chi connectivity index (χ1v) is 11.8. The van der Waals surface area contributed by atoms with Gasteiger partial charge in [0, 0.05) is 0 Å². The van der Waals surface area contributed by atoms with Crippen LogP contribution in [0.5, 0.6) is 0 Å². The molecule has 0 fully saturated rings. The largest absolute Gasteiger partial charge is 0.472 e. The molecule has 0 aromatic carbocycles. The van der Waals surface area contributed by atoms with Gasteiger partial charge in [0.25, 0.3) is 0 Å². The van der Waals surface area contributed by atoms with Crippen LogP contribution in [-0.4, -0.2) is 0 Å². The Morgan fingerprint density at radius 2 is 1.17 bits per heavy atom. The Labute approximate surface area is 186 Å². The van der Waals surface area contributed by atoms with Crippen LogP contribution in [0.3, 0.4) is 0 Å². The van der Waals surface area contributed by atoms with E-state index in [2.05, 4.69) is 77.1 Å². The van der Waals surface area contributed by atoms with Gasteiger partial charge in [0.1, 0.15) is 0 Å². The van der Waals surface area contributed by atoms with Gasteiger partial charge in [-0.25, -0.2) is 0 Å². The summed E-state index contributed by atoms with van der Waals surface area (Å²) in [6, 6.07) is 2.05. The molecule has 0 radical (unpaired) electrons. The zero-order valence-electron chi connectivity index (χ0n) is 20.2. The van der Waals surface area contributed by atoms with E-state index in [9.17, 15) is 0 Å². The fraction of sp³-hybridized carbons (Fsp3) is 0.517. The molecule has 1 aromatic heterocycles. The number of rotatable bonds is 15. The van der Waals surface area contributed by atoms with E-state index in [1.807, 2.05) is 6.26 Å². The van der Waals surface area contributed by atoms with Gasteiger partial charge in [-0.15, -0.1) is 0 Å². The van der Waals surface area contributed by atoms with Crippen molar-refractivity contribution >= 4 is 0 Å². The van der Waals surface area contributed by atoms with Crippen LogP contribution in [0.2, 0.25) is 0 Å². The molecule has 1 aromatic rings. The van der Waals surface area contributed by atoms with Gasteiger partial charge >= 0.3 is 0 Å². The fourth-order valence-corrected chi connectivity index (χ4v) is 3.44. The van der Waals surface area contributed by atoms with Gasteiger partial charge in [0.05, 0.1) is 12.5 Å². The maximum atomic E-state index is 5.12. The Hall–Kier alpha value is -2.02. The molecule has 1 heterocycles. The van der Waals surface area contributed by atoms with Crippen molar-refractivity contribution in [1.29, 1.82) is 0 Å². The molecule has 0 saturated carbocycles. The van der Waals surface area contributed by atoms with Crippen LogP contribution < -0.4 is 0 Å². The molecule has 0 N–H and O–H groups in total. The smallest absolute Gasteiger partial charge is 0.0934 e. The second-order valence-corrected chi connectivity index (χ2v) is 8.60. The summed E-state index contributed by atoms with van der Waals surface area (Å²) >= 11 is 0. The standard InChI is InChI=1S/C29H44O/c1-6-7-8-13-25(2)14-9-15-26(3)16-10-17-27(4)18-11-19-28(5)20-12-21-29-22-23-30-24-29/h6-7,14,16,18,20,22-24H,8-13,15,17,19,21H2,1-5H3/b7-6+,25-14+,26-16+,27-18+,28-20+. The Bertz CT molecular complexity index is 708. The van der Waals surface area contributed by atoms with Gasteiger partial charge in [0.2, 0.25) is 0 Å². The minimum Gasteiger partial charge on any atom is -0.472 e. The van der Waals surface area contributed by atoms with Crippen molar-refractivity contribution in [2.45, 2.75) is 98.8 Å². The van der Waals surface area contributed by atoms with Crippen LogP contribution in [0.1, 0.15) is 98.0 Å². The summed E-state index contributed by atoms with van der Waals surface area (Å²) in [4.78, 5) is 0. The fourth-order valence-electron chi connectivity index (χ4n) is 3.44. The zero-order chi connectivity index (χ0) is 22.0. The van der Waals surface area contributed by atoms with Crippen LogP contribution in [0, 0.1) is 0 Å². The predicted molar refractivity (Wildman–Crippen MR) is 134 cm³/mol. The molecule has 0 amide bonds. The monoisotopic (exact) mass is 408 g/mol. The first-order valence-electron chi connectivity index (χ1n) is 11.8. The first-order chi connectivity index (χ1) is 14.5. The molecule has 0 bridgehead atoms. The summed E-state index contributed by atoms with van der Waals surface area (Å²) in [5, 5.41) is 0. The Balaban J connectivity index is 2.18. The van der Waals surface area contributed by atoms with Crippen molar-refractivity contribution in [3.05, 3.63) is 82.9 Å². The minimum atomic E-state index is 1.07. The predicted octanol–water partition coefficient (Wildman–Crippen LogP) is 9.69. The van der Waals surface area contributed by atoms with Crippen molar-refractivity contribution in [3.63, 3.8) is 0 Å². The highest BCUT2D eigenvalue weighted by atomic mass is 16.3. The van der Waals surface area contributed by atoms with E-state index in [1.165, 1.54) is 60.0 Å². The number of hydrogen-bond donors (Lipinski definition) is 0. The van der Waals surface area contributed by atoms with E-state index < -0.39 is 0 Å². The Morgan fingerprint density at radius 3 is 1.60 bits per heavy atom. The quantitative estimate of drug-likeness (QED) is 0.263. The van der Waals surface area contributed by atoms with Crippen LogP contribution >= 0.6 is 0 Å². The normalized spacial score (nSPS) is 14.2. The average Bonchev–Trinajstić information content (AvgIpc) is 3.22. The van der Waals surface area contributed by atoms with E-state index in [0.29, 0.717) is 0 Å². The first kappa shape index (κ1) is 26.0. The van der Waals surface area contributed by atoms with Crippen molar-refractivity contribution < 1.29 is 4.42 Å². The third-order valence-corrected chi connectivity index (χ3v) is 5.54. The summed E-state index contributed by atoms with van der Waals surface area (Å²) in [5.41, 5.74) is 7.34. The van der Waals surface area contributed by atoms with Crippen LogP contribution in [0.4, 0.5) is 0 Å². The highest BCUT2D eigenvalue weighted by molar-refractivity contribution is 5.10. The minimum absolute atomic E-state index is 1.07. The zero-order valence-corrected chi connectivity index (χ0v) is 20.2. The van der Waals surface area contributed by atoms with E-state index in [-0.39, 0.29) is 0 Å². The van der Waals surface area contributed by atoms with E-state index in [4.69, 9.17) is 4.42 Å². The molecule has 0 aliphatic carbocycles. The lowest BCUT2D eigenvalue weighted by atomic mass is 10.0. The molecule has 0 aliphatic heterocycles. The van der Waals surface area contributed by atoms with Gasteiger partial charge < -0.3 is 4.42 Å². The Kier molecular flexibility index (Phi) is 14.5. The highest BCUT2D eigenvalue weighted by Gasteiger charge is 1.96. The molecular weight excluding hydrogens is 364 g/mol. The maximum absolute atomic E-state index is 5.12. The summed E-state index contributed by atoms with van der Waals surface area (Å²) in [7, 11) is 0. The second-order valence-electron chi connectivity index (χ2n) is 8.60. The molecule has 1 heteroatoms. The second kappa shape index (κ2) is 16.7. The van der Waals surface area contributed by atoms with E-state index in [0.717, 1.165) is 32.1 Å². The van der Waals surface area contributed by atoms with Gasteiger partial charge in [-0.2, -0.15) is 0 Å². The Morgan fingerprint density at radius 1 is 0.700 bits per heavy atom. The number of furan rings is 1. The third-order valence-electron chi connectivity index (χ3n) is 5.54. The summed E-state index contributed by atoms with van der Waals surface area (Å²) in [5.74, 6) is 0. The number of allylic oxidation sites excluding steroid dienone is 10. The SMILES string of the molecule is C/C=C/CC/C(C)=C/CC/C(C)=C/CC/C(C)=C/CC/C(C)=C/CCc1ccoc1. The topological polar surface area (TPSA) is 13.1 Å². The molecular formula is C29H44O. The van der Waals surface area contributed by atoms with Gasteiger partial charge in [-0.1, -0.05) is 58.7 Å². The molecule has 0 unspecified atom stereocenters. The lowest BCUT2D eigenvalue weighted by Gasteiger charge is -2.03. The molecule has 1 rings (SSSR count). The number of hydrogen-bond acceptors (Lipinski definition) is 1. The van der Waals surface area contributed by atoms with Gasteiger partial charge in [-0.3, -0.25) is 0 Å². The number of aryl methyl sites for hydroxylation is 1. The molecule has 0 spiro atoms. The van der Waals surface area contributed by atoms with E-state index >= 15 is 0 Å².